The second kappa shape index (κ2) is 5.45. The average Bonchev–Trinajstić information content (AvgIpc) is 2.51. The summed E-state index contributed by atoms with van der Waals surface area (Å²) in [5.74, 6) is 0. The molecule has 1 aromatic heterocycles. The van der Waals surface area contributed by atoms with Crippen LogP contribution in [0.1, 0.15) is 46.5 Å². The molecule has 15 heavy (non-hydrogen) atoms. The molecule has 0 aromatic carbocycles. The molecule has 0 aliphatic rings. The van der Waals surface area contributed by atoms with E-state index >= 15 is 0 Å². The van der Waals surface area contributed by atoms with E-state index in [0.717, 1.165) is 11.3 Å². The Kier molecular flexibility index (Phi) is 4.51. The first-order valence-electron chi connectivity index (χ1n) is 5.65. The summed E-state index contributed by atoms with van der Waals surface area (Å²) >= 11 is 5.13. The number of H-pyrrole nitrogens is 1. The Labute approximate surface area is 96.9 Å². The summed E-state index contributed by atoms with van der Waals surface area (Å²) in [6.45, 7) is 7.76. The van der Waals surface area contributed by atoms with E-state index in [1.807, 2.05) is 4.57 Å². The summed E-state index contributed by atoms with van der Waals surface area (Å²) in [7, 11) is 0. The molecule has 0 saturated carbocycles. The number of nitrogens with zero attached hydrogens (tertiary/aromatic N) is 2. The highest BCUT2D eigenvalue weighted by Gasteiger charge is 2.18. The van der Waals surface area contributed by atoms with Crippen molar-refractivity contribution in [3.63, 3.8) is 0 Å². The van der Waals surface area contributed by atoms with Crippen LogP contribution in [0.3, 0.4) is 0 Å². The summed E-state index contributed by atoms with van der Waals surface area (Å²) in [4.78, 5) is 0. The molecule has 0 bridgehead atoms. The van der Waals surface area contributed by atoms with Gasteiger partial charge in [-0.2, -0.15) is 5.10 Å². The third kappa shape index (κ3) is 4.16. The fraction of sp³-hybridized carbons (Fsp3) is 0.818. The van der Waals surface area contributed by atoms with Gasteiger partial charge in [0.2, 0.25) is 0 Å². The number of rotatable bonds is 6. The van der Waals surface area contributed by atoms with E-state index in [4.69, 9.17) is 12.2 Å². The Morgan fingerprint density at radius 3 is 2.73 bits per heavy atom. The fourth-order valence-corrected chi connectivity index (χ4v) is 1.94. The maximum Gasteiger partial charge on any atom is 0.194 e. The van der Waals surface area contributed by atoms with Gasteiger partial charge in [-0.3, -0.25) is 5.10 Å². The van der Waals surface area contributed by atoms with Crippen molar-refractivity contribution < 1.29 is 0 Å². The molecule has 0 radical (unpaired) electrons. The van der Waals surface area contributed by atoms with Crippen LogP contribution in [-0.2, 0) is 6.54 Å². The first-order valence-corrected chi connectivity index (χ1v) is 6.06. The molecule has 1 rings (SSSR count). The molecule has 0 unspecified atom stereocenters. The minimum absolute atomic E-state index is 0.303. The standard InChI is InChI=1S/C11H21N3S/c1-4-5-6-7-11(2,3)8-14-9-12-13-10(14)15/h9H,4-8H2,1-3H3,(H,13,15). The van der Waals surface area contributed by atoms with E-state index in [0.29, 0.717) is 5.41 Å². The van der Waals surface area contributed by atoms with Gasteiger partial charge in [0.1, 0.15) is 6.33 Å². The van der Waals surface area contributed by atoms with Crippen LogP contribution in [0.5, 0.6) is 0 Å². The minimum Gasteiger partial charge on any atom is -0.306 e. The van der Waals surface area contributed by atoms with Crippen molar-refractivity contribution >= 4 is 12.2 Å². The van der Waals surface area contributed by atoms with Crippen LogP contribution in [0.2, 0.25) is 0 Å². The van der Waals surface area contributed by atoms with E-state index in [9.17, 15) is 0 Å². The van der Waals surface area contributed by atoms with Gasteiger partial charge in [-0.15, -0.1) is 0 Å². The summed E-state index contributed by atoms with van der Waals surface area (Å²) in [5, 5.41) is 6.72. The molecular weight excluding hydrogens is 206 g/mol. The highest BCUT2D eigenvalue weighted by atomic mass is 32.1. The van der Waals surface area contributed by atoms with Crippen LogP contribution >= 0.6 is 12.2 Å². The smallest absolute Gasteiger partial charge is 0.194 e. The van der Waals surface area contributed by atoms with Crippen LogP contribution in [-0.4, -0.2) is 14.8 Å². The van der Waals surface area contributed by atoms with Crippen LogP contribution in [0.15, 0.2) is 6.33 Å². The van der Waals surface area contributed by atoms with Crippen molar-refractivity contribution in [1.29, 1.82) is 0 Å². The van der Waals surface area contributed by atoms with Crippen molar-refractivity contribution in [3.05, 3.63) is 11.1 Å². The Morgan fingerprint density at radius 2 is 2.20 bits per heavy atom. The zero-order chi connectivity index (χ0) is 11.3. The Balaban J connectivity index is 2.49. The second-order valence-electron chi connectivity index (χ2n) is 4.91. The number of unbranched alkanes of at least 4 members (excludes halogenated alkanes) is 2. The lowest BCUT2D eigenvalue weighted by Gasteiger charge is -2.24. The SMILES string of the molecule is CCCCCC(C)(C)Cn1cn[nH]c1=S. The molecule has 0 amide bonds. The third-order valence-electron chi connectivity index (χ3n) is 2.67. The molecule has 86 valence electrons. The topological polar surface area (TPSA) is 33.6 Å². The minimum atomic E-state index is 0.303. The number of hydrogen-bond donors (Lipinski definition) is 1. The van der Waals surface area contributed by atoms with Crippen molar-refractivity contribution in [2.24, 2.45) is 5.41 Å². The summed E-state index contributed by atoms with van der Waals surface area (Å²) in [6, 6.07) is 0. The Morgan fingerprint density at radius 1 is 1.47 bits per heavy atom. The zero-order valence-corrected chi connectivity index (χ0v) is 10.7. The largest absolute Gasteiger partial charge is 0.306 e. The third-order valence-corrected chi connectivity index (χ3v) is 3.00. The summed E-state index contributed by atoms with van der Waals surface area (Å²) in [5.41, 5.74) is 0.303. The normalized spacial score (nSPS) is 11.9. The van der Waals surface area contributed by atoms with Crippen LogP contribution < -0.4 is 0 Å². The van der Waals surface area contributed by atoms with Crippen LogP contribution in [0, 0.1) is 10.2 Å². The maximum absolute atomic E-state index is 5.13. The van der Waals surface area contributed by atoms with Crippen molar-refractivity contribution in [2.45, 2.75) is 53.0 Å². The molecule has 0 spiro atoms. The van der Waals surface area contributed by atoms with Gasteiger partial charge >= 0.3 is 0 Å². The lowest BCUT2D eigenvalue weighted by atomic mass is 9.87. The molecule has 0 aliphatic carbocycles. The van der Waals surface area contributed by atoms with Gasteiger partial charge in [0.25, 0.3) is 0 Å². The number of nitrogens with one attached hydrogen (secondary N) is 1. The summed E-state index contributed by atoms with van der Waals surface area (Å²) < 4.78 is 2.74. The Bertz CT molecular complexity index is 338. The molecule has 1 N–H and O–H groups in total. The second-order valence-corrected chi connectivity index (χ2v) is 5.30. The monoisotopic (exact) mass is 227 g/mol. The molecule has 0 atom stereocenters. The zero-order valence-electron chi connectivity index (χ0n) is 9.92. The van der Waals surface area contributed by atoms with Gasteiger partial charge < -0.3 is 4.57 Å². The van der Waals surface area contributed by atoms with Crippen LogP contribution in [0.4, 0.5) is 0 Å². The molecule has 4 heteroatoms. The average molecular weight is 227 g/mol. The fourth-order valence-electron chi connectivity index (χ4n) is 1.78. The predicted octanol–water partition coefficient (Wildman–Crippen LogP) is 3.55. The van der Waals surface area contributed by atoms with E-state index in [2.05, 4.69) is 31.0 Å². The molecule has 0 saturated heterocycles. The molecule has 3 nitrogen and oxygen atoms in total. The van der Waals surface area contributed by atoms with Crippen molar-refractivity contribution in [3.8, 4) is 0 Å². The molecule has 1 aromatic rings. The summed E-state index contributed by atoms with van der Waals surface area (Å²) in [6.07, 6.45) is 6.92. The lowest BCUT2D eigenvalue weighted by Crippen LogP contribution is -2.19. The van der Waals surface area contributed by atoms with E-state index in [1.54, 1.807) is 6.33 Å². The molecule has 0 fully saturated rings. The lowest BCUT2D eigenvalue weighted by molar-refractivity contribution is 0.270. The van der Waals surface area contributed by atoms with Gasteiger partial charge in [-0.05, 0) is 24.1 Å². The first kappa shape index (κ1) is 12.4. The molecular formula is C11H21N3S. The van der Waals surface area contributed by atoms with Gasteiger partial charge in [-0.1, -0.05) is 40.0 Å². The first-order chi connectivity index (χ1) is 7.05. The maximum atomic E-state index is 5.13. The van der Waals surface area contributed by atoms with Gasteiger partial charge in [0.05, 0.1) is 0 Å². The van der Waals surface area contributed by atoms with Gasteiger partial charge in [-0.25, -0.2) is 0 Å². The number of hydrogen-bond acceptors (Lipinski definition) is 2. The quantitative estimate of drug-likeness (QED) is 0.595. The van der Waals surface area contributed by atoms with E-state index in [-0.39, 0.29) is 0 Å². The predicted molar refractivity (Wildman–Crippen MR) is 65.3 cm³/mol. The molecule has 0 aliphatic heterocycles. The van der Waals surface area contributed by atoms with Crippen molar-refractivity contribution in [1.82, 2.24) is 14.8 Å². The van der Waals surface area contributed by atoms with Crippen LogP contribution in [0.25, 0.3) is 0 Å². The highest BCUT2D eigenvalue weighted by Crippen LogP contribution is 2.25. The van der Waals surface area contributed by atoms with Crippen molar-refractivity contribution in [2.75, 3.05) is 0 Å². The number of aromatic nitrogens is 3. The van der Waals surface area contributed by atoms with E-state index < -0.39 is 0 Å². The molecule has 1 heterocycles. The van der Waals surface area contributed by atoms with E-state index in [1.165, 1.54) is 25.7 Å². The van der Waals surface area contributed by atoms with Gasteiger partial charge in [0.15, 0.2) is 4.77 Å². The highest BCUT2D eigenvalue weighted by molar-refractivity contribution is 7.71. The number of aromatic amines is 1. The Hall–Kier alpha value is -0.640. The van der Waals surface area contributed by atoms with Gasteiger partial charge in [0, 0.05) is 6.54 Å².